The van der Waals surface area contributed by atoms with Gasteiger partial charge in [0.1, 0.15) is 6.04 Å². The molecule has 37 heavy (non-hydrogen) atoms. The van der Waals surface area contributed by atoms with Crippen molar-refractivity contribution in [2.45, 2.75) is 78.3 Å². The van der Waals surface area contributed by atoms with E-state index in [1.54, 1.807) is 11.8 Å². The molecule has 2 N–H and O–H groups in total. The van der Waals surface area contributed by atoms with Gasteiger partial charge in [0.25, 0.3) is 5.91 Å². The molecule has 0 aliphatic rings. The summed E-state index contributed by atoms with van der Waals surface area (Å²) in [6.07, 6.45) is 7.96. The van der Waals surface area contributed by atoms with Gasteiger partial charge in [0.15, 0.2) is 0 Å². The predicted octanol–water partition coefficient (Wildman–Crippen LogP) is 6.30. The molecule has 2 aromatic rings. The fourth-order valence-corrected chi connectivity index (χ4v) is 5.12. The fourth-order valence-electron chi connectivity index (χ4n) is 4.64. The minimum absolute atomic E-state index is 0. The van der Waals surface area contributed by atoms with Crippen LogP contribution in [0.3, 0.4) is 0 Å². The van der Waals surface area contributed by atoms with Crippen molar-refractivity contribution in [1.29, 1.82) is 0 Å². The summed E-state index contributed by atoms with van der Waals surface area (Å²) in [5.74, 6) is -0.667. The van der Waals surface area contributed by atoms with E-state index in [4.69, 9.17) is 0 Å². The summed E-state index contributed by atoms with van der Waals surface area (Å²) in [5, 5.41) is 12.4. The molecule has 0 saturated heterocycles. The van der Waals surface area contributed by atoms with Crippen molar-refractivity contribution in [3.63, 3.8) is 0 Å². The van der Waals surface area contributed by atoms with Gasteiger partial charge >= 0.3 is 24.8 Å². The van der Waals surface area contributed by atoms with Gasteiger partial charge in [-0.05, 0) is 92.1 Å². The number of carboxylic acids is 1. The zero-order chi connectivity index (χ0) is 26.5. The summed E-state index contributed by atoms with van der Waals surface area (Å²) in [7, 11) is 0. The van der Waals surface area contributed by atoms with Crippen LogP contribution >= 0.6 is 11.8 Å². The van der Waals surface area contributed by atoms with Crippen molar-refractivity contribution in [2.75, 3.05) is 25.1 Å². The zero-order valence-corrected chi connectivity index (χ0v) is 23.5. The molecule has 0 saturated carbocycles. The zero-order valence-electron chi connectivity index (χ0n) is 22.7. The van der Waals surface area contributed by atoms with Crippen LogP contribution in [0.15, 0.2) is 42.5 Å². The predicted molar refractivity (Wildman–Crippen MR) is 160 cm³/mol. The summed E-state index contributed by atoms with van der Waals surface area (Å²) >= 11 is 1.57. The van der Waals surface area contributed by atoms with Crippen molar-refractivity contribution in [2.24, 2.45) is 0 Å². The Labute approximate surface area is 240 Å². The van der Waals surface area contributed by atoms with Gasteiger partial charge < -0.3 is 10.4 Å². The molecule has 0 aliphatic carbocycles. The van der Waals surface area contributed by atoms with E-state index in [-0.39, 0.29) is 30.8 Å². The monoisotopic (exact) mass is 520 g/mol. The number of thioether (sulfide) groups is 1. The molecule has 0 bridgehead atoms. The number of aryl methyl sites for hydroxylation is 1. The van der Waals surface area contributed by atoms with Crippen LogP contribution < -0.4 is 5.32 Å². The van der Waals surface area contributed by atoms with E-state index < -0.39 is 12.0 Å². The van der Waals surface area contributed by atoms with Crippen LogP contribution in [-0.2, 0) is 4.79 Å². The Morgan fingerprint density at radius 1 is 1.00 bits per heavy atom. The second kappa shape index (κ2) is 17.7. The van der Waals surface area contributed by atoms with Crippen molar-refractivity contribution < 1.29 is 14.7 Å². The van der Waals surface area contributed by atoms with E-state index in [9.17, 15) is 14.7 Å². The Morgan fingerprint density at radius 3 is 2.19 bits per heavy atom. The first-order chi connectivity index (χ1) is 17.4. The van der Waals surface area contributed by atoms with E-state index in [0.29, 0.717) is 17.7 Å². The number of unbranched alkanes of at least 4 members (excludes halogenated alkanes) is 2. The third-order valence-corrected chi connectivity index (χ3v) is 7.39. The molecular formula is C30H45LiN2O3S. The summed E-state index contributed by atoms with van der Waals surface area (Å²) in [5.41, 5.74) is 4.68. The van der Waals surface area contributed by atoms with Crippen LogP contribution in [0.5, 0.6) is 0 Å². The topological polar surface area (TPSA) is 69.6 Å². The van der Waals surface area contributed by atoms with Gasteiger partial charge in [-0.25, -0.2) is 4.79 Å². The molecule has 0 aromatic heterocycles. The normalized spacial score (nSPS) is 12.6. The molecule has 0 spiro atoms. The average Bonchev–Trinajstić information content (AvgIpc) is 2.88. The Balaban J connectivity index is 0.00000684. The van der Waals surface area contributed by atoms with Crippen LogP contribution in [0.1, 0.15) is 86.8 Å². The molecule has 0 radical (unpaired) electrons. The number of carboxylic acid groups (broad SMARTS) is 1. The standard InChI is InChI=1S/C30H44N2O3S.Li.H/c1-6-9-18-32(19-10-7-2)28(8-3)23-15-16-25(26(21-23)24-14-12-11-13-22(24)4)29(33)31-27(30(34)35)17-20-36-5;;/h11-16,21,27-28H,6-10,17-20H2,1-5H3,(H,31,33)(H,34,35);;. The number of benzene rings is 2. The summed E-state index contributed by atoms with van der Waals surface area (Å²) < 4.78 is 0. The molecule has 5 nitrogen and oxygen atoms in total. The molecule has 200 valence electrons. The van der Waals surface area contributed by atoms with E-state index in [0.717, 1.165) is 61.9 Å². The van der Waals surface area contributed by atoms with Crippen molar-refractivity contribution in [3.05, 3.63) is 59.2 Å². The van der Waals surface area contributed by atoms with E-state index in [2.05, 4.69) is 43.1 Å². The quantitative estimate of drug-likeness (QED) is 0.254. The summed E-state index contributed by atoms with van der Waals surface area (Å²) in [6.45, 7) is 10.9. The van der Waals surface area contributed by atoms with E-state index in [1.165, 1.54) is 5.56 Å². The van der Waals surface area contributed by atoms with Gasteiger partial charge in [0.05, 0.1) is 0 Å². The molecule has 0 heterocycles. The Hall–Kier alpha value is -1.71. The number of hydrogen-bond acceptors (Lipinski definition) is 4. The number of nitrogens with zero attached hydrogens (tertiary/aromatic N) is 1. The van der Waals surface area contributed by atoms with Gasteiger partial charge in [-0.15, -0.1) is 0 Å². The molecular weight excluding hydrogens is 475 g/mol. The number of carbonyl (C=O) groups is 2. The van der Waals surface area contributed by atoms with Gasteiger partial charge in [-0.3, -0.25) is 9.69 Å². The molecule has 0 fully saturated rings. The second-order valence-corrected chi connectivity index (χ2v) is 10.4. The van der Waals surface area contributed by atoms with Gasteiger partial charge in [-0.2, -0.15) is 11.8 Å². The van der Waals surface area contributed by atoms with Crippen molar-refractivity contribution >= 4 is 42.5 Å². The molecule has 2 atom stereocenters. The Bertz CT molecular complexity index is 977. The van der Waals surface area contributed by atoms with Crippen LogP contribution in [0, 0.1) is 6.92 Å². The average molecular weight is 521 g/mol. The van der Waals surface area contributed by atoms with Crippen LogP contribution in [0.4, 0.5) is 0 Å². The molecule has 2 aromatic carbocycles. The molecule has 2 unspecified atom stereocenters. The maximum atomic E-state index is 13.4. The number of amides is 1. The van der Waals surface area contributed by atoms with Crippen molar-refractivity contribution in [3.8, 4) is 11.1 Å². The van der Waals surface area contributed by atoms with E-state index in [1.807, 2.05) is 43.5 Å². The van der Waals surface area contributed by atoms with Gasteiger partial charge in [-0.1, -0.05) is 63.9 Å². The fraction of sp³-hybridized carbons (Fsp3) is 0.533. The van der Waals surface area contributed by atoms with E-state index >= 15 is 0 Å². The second-order valence-electron chi connectivity index (χ2n) is 9.43. The first-order valence-electron chi connectivity index (χ1n) is 13.3. The number of aliphatic carboxylic acids is 1. The third kappa shape index (κ3) is 9.83. The molecule has 0 aliphatic heterocycles. The summed E-state index contributed by atoms with van der Waals surface area (Å²) in [6, 6.07) is 13.6. The van der Waals surface area contributed by atoms with Crippen LogP contribution in [0.2, 0.25) is 0 Å². The molecule has 7 heteroatoms. The Kier molecular flexibility index (Phi) is 16.0. The minimum atomic E-state index is -1.00. The first-order valence-corrected chi connectivity index (χ1v) is 14.7. The van der Waals surface area contributed by atoms with Gasteiger partial charge in [0, 0.05) is 11.6 Å². The summed E-state index contributed by atoms with van der Waals surface area (Å²) in [4.78, 5) is 27.8. The number of nitrogens with one attached hydrogen (secondary N) is 1. The number of rotatable bonds is 16. The molecule has 1 amide bonds. The maximum absolute atomic E-state index is 13.4. The SMILES string of the molecule is CCCCN(CCCC)C(CC)c1ccc(C(=O)NC(CCSC)C(=O)O)c(-c2ccccc2C)c1.[LiH]. The van der Waals surface area contributed by atoms with Crippen LogP contribution in [0.25, 0.3) is 11.1 Å². The van der Waals surface area contributed by atoms with Crippen LogP contribution in [-0.4, -0.2) is 71.9 Å². The number of carbonyl (C=O) groups excluding carboxylic acids is 1. The third-order valence-electron chi connectivity index (χ3n) is 6.75. The van der Waals surface area contributed by atoms with Crippen molar-refractivity contribution in [1.82, 2.24) is 10.2 Å². The van der Waals surface area contributed by atoms with Gasteiger partial charge in [0.2, 0.25) is 0 Å². The molecule has 2 rings (SSSR count). The first kappa shape index (κ1) is 33.3. The Morgan fingerprint density at radius 2 is 1.65 bits per heavy atom. The number of hydrogen-bond donors (Lipinski definition) is 2.